The number of hydrogen-bond donors (Lipinski definition) is 1. The number of aromatic nitrogens is 4. The molecular formula is C22H20N4O4. The third-order valence-electron chi connectivity index (χ3n) is 4.81. The van der Waals surface area contributed by atoms with Crippen LogP contribution in [0.2, 0.25) is 0 Å². The molecular weight excluding hydrogens is 384 g/mol. The van der Waals surface area contributed by atoms with Crippen LogP contribution < -0.4 is 11.1 Å². The zero-order valence-electron chi connectivity index (χ0n) is 16.7. The molecule has 2 aromatic heterocycles. The fourth-order valence-corrected chi connectivity index (χ4v) is 3.28. The van der Waals surface area contributed by atoms with Gasteiger partial charge in [-0.05, 0) is 39.0 Å². The van der Waals surface area contributed by atoms with Crippen molar-refractivity contribution in [1.29, 1.82) is 0 Å². The summed E-state index contributed by atoms with van der Waals surface area (Å²) in [5.41, 5.74) is -0.0360. The molecule has 8 heteroatoms. The zero-order chi connectivity index (χ0) is 21.4. The number of aromatic amines is 1. The van der Waals surface area contributed by atoms with Gasteiger partial charge in [0, 0.05) is 5.39 Å². The summed E-state index contributed by atoms with van der Waals surface area (Å²) in [6.07, 6.45) is -0.824. The van der Waals surface area contributed by atoms with Gasteiger partial charge >= 0.3 is 5.97 Å². The Morgan fingerprint density at radius 2 is 1.60 bits per heavy atom. The maximum Gasteiger partial charge on any atom is 0.360 e. The third-order valence-corrected chi connectivity index (χ3v) is 4.81. The number of para-hydroxylation sites is 1. The van der Waals surface area contributed by atoms with Gasteiger partial charge in [0.25, 0.3) is 11.1 Å². The summed E-state index contributed by atoms with van der Waals surface area (Å²) in [4.78, 5) is 45.0. The average molecular weight is 404 g/mol. The van der Waals surface area contributed by atoms with Crippen LogP contribution in [0.1, 0.15) is 49.2 Å². The minimum absolute atomic E-state index is 0.0360. The number of ether oxygens (including phenoxy) is 1. The number of carbonyl (C=O) groups excluding carboxylic acids is 1. The van der Waals surface area contributed by atoms with Gasteiger partial charge in [-0.15, -0.1) is 0 Å². The maximum atomic E-state index is 13.0. The van der Waals surface area contributed by atoms with Crippen molar-refractivity contribution < 1.29 is 9.53 Å². The largest absolute Gasteiger partial charge is 0.450 e. The lowest BCUT2D eigenvalue weighted by molar-refractivity contribution is 0.0312. The van der Waals surface area contributed by atoms with E-state index < -0.39 is 12.1 Å². The highest BCUT2D eigenvalue weighted by Gasteiger charge is 2.22. The molecule has 0 aliphatic carbocycles. The number of H-pyrrole nitrogens is 1. The molecule has 0 saturated carbocycles. The van der Waals surface area contributed by atoms with Crippen molar-refractivity contribution in [3.8, 4) is 0 Å². The molecule has 8 nitrogen and oxygen atoms in total. The lowest BCUT2D eigenvalue weighted by atomic mass is 10.1. The predicted molar refractivity (Wildman–Crippen MR) is 113 cm³/mol. The Bertz CT molecular complexity index is 1390. The fourth-order valence-electron chi connectivity index (χ4n) is 3.28. The Morgan fingerprint density at radius 1 is 0.967 bits per heavy atom. The van der Waals surface area contributed by atoms with Gasteiger partial charge in [-0.25, -0.2) is 14.5 Å². The number of carbonyl (C=O) groups is 1. The Morgan fingerprint density at radius 3 is 2.30 bits per heavy atom. The van der Waals surface area contributed by atoms with Crippen LogP contribution in [0.25, 0.3) is 21.7 Å². The summed E-state index contributed by atoms with van der Waals surface area (Å²) in [6.45, 7) is 5.24. The maximum absolute atomic E-state index is 13.0. The molecule has 0 amide bonds. The second-order valence-corrected chi connectivity index (χ2v) is 7.25. The second kappa shape index (κ2) is 7.55. The molecule has 2 aromatic carbocycles. The molecule has 0 aliphatic rings. The van der Waals surface area contributed by atoms with Gasteiger partial charge < -0.3 is 9.72 Å². The van der Waals surface area contributed by atoms with E-state index in [0.717, 1.165) is 0 Å². The Kier molecular flexibility index (Phi) is 4.91. The number of hydrogen-bond acceptors (Lipinski definition) is 6. The summed E-state index contributed by atoms with van der Waals surface area (Å²) in [5, 5.41) is 5.51. The van der Waals surface area contributed by atoms with Crippen LogP contribution in [-0.4, -0.2) is 25.7 Å². The predicted octanol–water partition coefficient (Wildman–Crippen LogP) is 3.13. The van der Waals surface area contributed by atoms with E-state index in [1.807, 2.05) is 13.8 Å². The molecule has 30 heavy (non-hydrogen) atoms. The standard InChI is InChI=1S/C22H20N4O4/c1-12(2)26-21(28)15-9-5-4-8-14(15)18(25-26)22(29)30-13(3)19-23-17-11-7-6-10-16(17)20(27)24-19/h4-13H,1-3H3,(H,23,24,27)/t13-/m1/s1. The van der Waals surface area contributed by atoms with Gasteiger partial charge in [0.15, 0.2) is 17.6 Å². The Hall–Kier alpha value is -3.81. The lowest BCUT2D eigenvalue weighted by Gasteiger charge is -2.16. The van der Waals surface area contributed by atoms with Crippen LogP contribution in [0, 0.1) is 0 Å². The molecule has 0 fully saturated rings. The second-order valence-electron chi connectivity index (χ2n) is 7.25. The molecule has 2 heterocycles. The van der Waals surface area contributed by atoms with Crippen molar-refractivity contribution in [2.75, 3.05) is 0 Å². The number of nitrogens with zero attached hydrogens (tertiary/aromatic N) is 3. The highest BCUT2D eigenvalue weighted by molar-refractivity contribution is 6.02. The zero-order valence-corrected chi connectivity index (χ0v) is 16.7. The first-order valence-corrected chi connectivity index (χ1v) is 9.58. The SMILES string of the molecule is CC(C)n1nc(C(=O)O[C@H](C)c2nc3ccccc3c(=O)[nH]2)c2ccccc2c1=O. The van der Waals surface area contributed by atoms with Gasteiger partial charge in [0.05, 0.1) is 22.3 Å². The van der Waals surface area contributed by atoms with E-state index in [4.69, 9.17) is 4.74 Å². The summed E-state index contributed by atoms with van der Waals surface area (Å²) in [6, 6.07) is 13.5. The number of esters is 1. The van der Waals surface area contributed by atoms with E-state index in [1.165, 1.54) is 4.68 Å². The van der Waals surface area contributed by atoms with Crippen molar-refractivity contribution in [2.45, 2.75) is 32.9 Å². The number of fused-ring (bicyclic) bond motifs is 2. The van der Waals surface area contributed by atoms with E-state index in [2.05, 4.69) is 15.1 Å². The number of benzene rings is 2. The molecule has 4 aromatic rings. The van der Waals surface area contributed by atoms with Crippen LogP contribution in [0.3, 0.4) is 0 Å². The molecule has 1 N–H and O–H groups in total. The molecule has 152 valence electrons. The van der Waals surface area contributed by atoms with Crippen LogP contribution in [0.5, 0.6) is 0 Å². The summed E-state index contributed by atoms with van der Waals surface area (Å²) >= 11 is 0. The molecule has 0 bridgehead atoms. The van der Waals surface area contributed by atoms with Crippen molar-refractivity contribution in [2.24, 2.45) is 0 Å². The molecule has 0 saturated heterocycles. The van der Waals surface area contributed by atoms with Crippen LogP contribution >= 0.6 is 0 Å². The molecule has 4 rings (SSSR count). The van der Waals surface area contributed by atoms with Gasteiger partial charge in [0.1, 0.15) is 0 Å². The highest BCUT2D eigenvalue weighted by atomic mass is 16.5. The minimum atomic E-state index is -0.824. The molecule has 0 spiro atoms. The van der Waals surface area contributed by atoms with E-state index in [0.29, 0.717) is 21.7 Å². The normalized spacial score (nSPS) is 12.4. The number of nitrogens with one attached hydrogen (secondary N) is 1. The first-order chi connectivity index (χ1) is 14.4. The average Bonchev–Trinajstić information content (AvgIpc) is 2.73. The van der Waals surface area contributed by atoms with E-state index in [-0.39, 0.29) is 28.7 Å². The third kappa shape index (κ3) is 3.36. The van der Waals surface area contributed by atoms with Gasteiger partial charge in [-0.3, -0.25) is 9.59 Å². The Labute approximate surface area is 171 Å². The lowest BCUT2D eigenvalue weighted by Crippen LogP contribution is -2.28. The van der Waals surface area contributed by atoms with Crippen LogP contribution in [0.15, 0.2) is 58.1 Å². The van der Waals surface area contributed by atoms with Crippen molar-refractivity contribution in [1.82, 2.24) is 19.7 Å². The highest BCUT2D eigenvalue weighted by Crippen LogP contribution is 2.20. The molecule has 0 aliphatic heterocycles. The van der Waals surface area contributed by atoms with Gasteiger partial charge in [-0.1, -0.05) is 30.3 Å². The Balaban J connectivity index is 1.74. The summed E-state index contributed by atoms with van der Waals surface area (Å²) in [7, 11) is 0. The topological polar surface area (TPSA) is 107 Å². The molecule has 1 atom stereocenters. The summed E-state index contributed by atoms with van der Waals surface area (Å²) in [5.74, 6) is -0.475. The van der Waals surface area contributed by atoms with Crippen LogP contribution in [-0.2, 0) is 4.74 Å². The van der Waals surface area contributed by atoms with Crippen molar-refractivity contribution in [3.63, 3.8) is 0 Å². The van der Waals surface area contributed by atoms with Gasteiger partial charge in [-0.2, -0.15) is 5.10 Å². The summed E-state index contributed by atoms with van der Waals surface area (Å²) < 4.78 is 6.82. The van der Waals surface area contributed by atoms with Gasteiger partial charge in [0.2, 0.25) is 0 Å². The minimum Gasteiger partial charge on any atom is -0.450 e. The first-order valence-electron chi connectivity index (χ1n) is 9.58. The van der Waals surface area contributed by atoms with Crippen molar-refractivity contribution >= 4 is 27.6 Å². The molecule has 0 unspecified atom stereocenters. The first kappa shape index (κ1) is 19.5. The smallest absolute Gasteiger partial charge is 0.360 e. The van der Waals surface area contributed by atoms with E-state index in [1.54, 1.807) is 55.5 Å². The number of rotatable bonds is 4. The molecule has 0 radical (unpaired) electrons. The quantitative estimate of drug-likeness (QED) is 0.524. The van der Waals surface area contributed by atoms with Crippen molar-refractivity contribution in [3.05, 3.63) is 80.8 Å². The van der Waals surface area contributed by atoms with Crippen LogP contribution in [0.4, 0.5) is 0 Å². The van der Waals surface area contributed by atoms with E-state index in [9.17, 15) is 14.4 Å². The van der Waals surface area contributed by atoms with E-state index >= 15 is 0 Å². The fraction of sp³-hybridized carbons (Fsp3) is 0.227. The monoisotopic (exact) mass is 404 g/mol.